The maximum absolute atomic E-state index is 12.3. The van der Waals surface area contributed by atoms with Gasteiger partial charge < -0.3 is 9.80 Å². The Morgan fingerprint density at radius 2 is 1.89 bits per heavy atom. The highest BCUT2D eigenvalue weighted by molar-refractivity contribution is 5.84. The van der Waals surface area contributed by atoms with Gasteiger partial charge in [-0.15, -0.1) is 0 Å². The van der Waals surface area contributed by atoms with Crippen LogP contribution < -0.4 is 0 Å². The second-order valence-electron chi connectivity index (χ2n) is 5.85. The summed E-state index contributed by atoms with van der Waals surface area (Å²) in [4.78, 5) is 29.9. The fourth-order valence-electron chi connectivity index (χ4n) is 2.94. The molecule has 2 fully saturated rings. The minimum absolute atomic E-state index is 0.184. The van der Waals surface area contributed by atoms with Crippen LogP contribution in [0.25, 0.3) is 0 Å². The summed E-state index contributed by atoms with van der Waals surface area (Å²) in [5.74, 6) is 0.470. The molecule has 0 N–H and O–H groups in total. The fourth-order valence-corrected chi connectivity index (χ4v) is 2.94. The van der Waals surface area contributed by atoms with E-state index in [2.05, 4.69) is 23.8 Å². The first kappa shape index (κ1) is 14.5. The number of amides is 1. The van der Waals surface area contributed by atoms with Crippen LogP contribution in [0, 0.1) is 0 Å². The molecule has 0 aromatic rings. The molecule has 1 unspecified atom stereocenters. The van der Waals surface area contributed by atoms with Crippen molar-refractivity contribution in [3.05, 3.63) is 0 Å². The van der Waals surface area contributed by atoms with Crippen LogP contribution in [-0.2, 0) is 9.59 Å². The van der Waals surface area contributed by atoms with Crippen LogP contribution in [0.5, 0.6) is 0 Å². The number of hydrogen-bond donors (Lipinski definition) is 0. The largest absolute Gasteiger partial charge is 0.341 e. The number of Topliss-reactive ketones (excluding diaryl/α,β-unsaturated/α-hetero) is 1. The van der Waals surface area contributed by atoms with Gasteiger partial charge in [0.15, 0.2) is 0 Å². The summed E-state index contributed by atoms with van der Waals surface area (Å²) in [6.07, 6.45) is 2.18. The van der Waals surface area contributed by atoms with Gasteiger partial charge in [0, 0.05) is 45.1 Å². The highest BCUT2D eigenvalue weighted by Gasteiger charge is 2.26. The molecule has 1 amide bonds. The van der Waals surface area contributed by atoms with Crippen molar-refractivity contribution in [1.29, 1.82) is 0 Å². The smallest absolute Gasteiger partial charge is 0.236 e. The Labute approximate surface area is 115 Å². The van der Waals surface area contributed by atoms with E-state index in [1.165, 1.54) is 0 Å². The first-order chi connectivity index (χ1) is 9.06. The highest BCUT2D eigenvalue weighted by Crippen LogP contribution is 2.11. The quantitative estimate of drug-likeness (QED) is 0.717. The lowest BCUT2D eigenvalue weighted by molar-refractivity contribution is -0.136. The Morgan fingerprint density at radius 1 is 1.21 bits per heavy atom. The van der Waals surface area contributed by atoms with E-state index in [0.717, 1.165) is 26.1 Å². The summed E-state index contributed by atoms with van der Waals surface area (Å²) in [5.41, 5.74) is 0. The zero-order valence-corrected chi connectivity index (χ0v) is 12.1. The molecule has 0 bridgehead atoms. The second kappa shape index (κ2) is 6.48. The first-order valence-corrected chi connectivity index (χ1v) is 7.28. The molecule has 2 rings (SSSR count). The van der Waals surface area contributed by atoms with Gasteiger partial charge in [-0.25, -0.2) is 0 Å². The lowest BCUT2D eigenvalue weighted by Gasteiger charge is -2.31. The number of piperidine rings is 1. The summed E-state index contributed by atoms with van der Waals surface area (Å²) >= 11 is 0. The zero-order valence-electron chi connectivity index (χ0n) is 12.1. The third-order valence-corrected chi connectivity index (χ3v) is 4.20. The lowest BCUT2D eigenvalue weighted by atomic mass is 10.1. The van der Waals surface area contributed by atoms with Gasteiger partial charge in [-0.1, -0.05) is 0 Å². The van der Waals surface area contributed by atoms with E-state index in [4.69, 9.17) is 0 Å². The Kier molecular flexibility index (Phi) is 4.93. The van der Waals surface area contributed by atoms with Crippen LogP contribution in [0.15, 0.2) is 0 Å². The lowest BCUT2D eigenvalue weighted by Crippen LogP contribution is -2.47. The molecule has 2 aliphatic rings. The number of rotatable bonds is 2. The number of likely N-dealkylation sites (tertiary alicyclic amines) is 1. The van der Waals surface area contributed by atoms with Crippen LogP contribution in [0.2, 0.25) is 0 Å². The van der Waals surface area contributed by atoms with E-state index in [1.54, 1.807) is 0 Å². The maximum atomic E-state index is 12.3. The van der Waals surface area contributed by atoms with Crippen LogP contribution in [0.3, 0.4) is 0 Å². The van der Waals surface area contributed by atoms with E-state index in [9.17, 15) is 9.59 Å². The van der Waals surface area contributed by atoms with E-state index < -0.39 is 0 Å². The van der Waals surface area contributed by atoms with E-state index in [0.29, 0.717) is 38.5 Å². The molecular weight excluding hydrogens is 242 g/mol. The monoisotopic (exact) mass is 267 g/mol. The van der Waals surface area contributed by atoms with Crippen molar-refractivity contribution in [3.8, 4) is 0 Å². The van der Waals surface area contributed by atoms with Crippen molar-refractivity contribution >= 4 is 11.7 Å². The Balaban J connectivity index is 1.85. The Bertz CT molecular complexity index is 336. The van der Waals surface area contributed by atoms with Crippen molar-refractivity contribution in [2.24, 2.45) is 0 Å². The molecule has 0 saturated carbocycles. The molecule has 2 aliphatic heterocycles. The van der Waals surface area contributed by atoms with Crippen molar-refractivity contribution in [2.45, 2.75) is 32.2 Å². The number of carbonyl (C=O) groups excluding carboxylic acids is 2. The number of likely N-dealkylation sites (N-methyl/N-ethyl adjacent to an activating group) is 1. The van der Waals surface area contributed by atoms with Gasteiger partial charge in [0.05, 0.1) is 6.54 Å². The number of hydrogen-bond acceptors (Lipinski definition) is 4. The third kappa shape index (κ3) is 4.01. The standard InChI is InChI=1S/C14H25N3O2/c1-12-10-15(2)6-3-7-17(12)11-14(19)16-8-4-13(18)5-9-16/h12H,3-11H2,1-2H3. The van der Waals surface area contributed by atoms with Crippen LogP contribution in [0.1, 0.15) is 26.2 Å². The molecule has 0 radical (unpaired) electrons. The zero-order chi connectivity index (χ0) is 13.8. The number of carbonyl (C=O) groups is 2. The van der Waals surface area contributed by atoms with Gasteiger partial charge in [-0.2, -0.15) is 0 Å². The van der Waals surface area contributed by atoms with E-state index in [1.807, 2.05) is 4.90 Å². The van der Waals surface area contributed by atoms with E-state index in [-0.39, 0.29) is 11.7 Å². The van der Waals surface area contributed by atoms with Crippen molar-refractivity contribution in [2.75, 3.05) is 46.3 Å². The normalized spacial score (nSPS) is 27.4. The van der Waals surface area contributed by atoms with Gasteiger partial charge in [0.2, 0.25) is 5.91 Å². The van der Waals surface area contributed by atoms with Gasteiger partial charge in [-0.05, 0) is 26.9 Å². The summed E-state index contributed by atoms with van der Waals surface area (Å²) in [7, 11) is 2.14. The van der Waals surface area contributed by atoms with Gasteiger partial charge in [0.1, 0.15) is 5.78 Å². The SMILES string of the molecule is CC1CN(C)CCCN1CC(=O)N1CCC(=O)CC1. The molecule has 0 aromatic heterocycles. The van der Waals surface area contributed by atoms with E-state index >= 15 is 0 Å². The van der Waals surface area contributed by atoms with Crippen LogP contribution >= 0.6 is 0 Å². The van der Waals surface area contributed by atoms with Gasteiger partial charge in [0.25, 0.3) is 0 Å². The summed E-state index contributed by atoms with van der Waals surface area (Å²) < 4.78 is 0. The number of ketones is 1. The molecule has 5 nitrogen and oxygen atoms in total. The molecule has 5 heteroatoms. The molecule has 0 aliphatic carbocycles. The minimum Gasteiger partial charge on any atom is -0.341 e. The van der Waals surface area contributed by atoms with Gasteiger partial charge >= 0.3 is 0 Å². The molecule has 1 atom stereocenters. The first-order valence-electron chi connectivity index (χ1n) is 7.28. The van der Waals surface area contributed by atoms with Crippen LogP contribution in [0.4, 0.5) is 0 Å². The topological polar surface area (TPSA) is 43.9 Å². The Hall–Kier alpha value is -0.940. The van der Waals surface area contributed by atoms with Crippen molar-refractivity contribution in [1.82, 2.24) is 14.7 Å². The average Bonchev–Trinajstić information content (AvgIpc) is 2.52. The maximum Gasteiger partial charge on any atom is 0.236 e. The molecule has 2 heterocycles. The van der Waals surface area contributed by atoms with Gasteiger partial charge in [-0.3, -0.25) is 14.5 Å². The average molecular weight is 267 g/mol. The van der Waals surface area contributed by atoms with Crippen molar-refractivity contribution < 1.29 is 9.59 Å². The third-order valence-electron chi connectivity index (χ3n) is 4.20. The molecule has 2 saturated heterocycles. The summed E-state index contributed by atoms with van der Waals surface area (Å²) in [6.45, 7) is 7.03. The second-order valence-corrected chi connectivity index (χ2v) is 5.85. The predicted octanol–water partition coefficient (Wildman–Crippen LogP) is 0.204. The fraction of sp³-hybridized carbons (Fsp3) is 0.857. The Morgan fingerprint density at radius 3 is 2.58 bits per heavy atom. The highest BCUT2D eigenvalue weighted by atomic mass is 16.2. The minimum atomic E-state index is 0.184. The summed E-state index contributed by atoms with van der Waals surface area (Å²) in [6, 6.07) is 0.419. The molecule has 19 heavy (non-hydrogen) atoms. The predicted molar refractivity (Wildman–Crippen MR) is 74.0 cm³/mol. The molecule has 108 valence electrons. The molecule has 0 aromatic carbocycles. The number of nitrogens with zero attached hydrogens (tertiary/aromatic N) is 3. The van der Waals surface area contributed by atoms with Crippen molar-refractivity contribution in [3.63, 3.8) is 0 Å². The summed E-state index contributed by atoms with van der Waals surface area (Å²) in [5, 5.41) is 0. The van der Waals surface area contributed by atoms with Crippen LogP contribution in [-0.4, -0.2) is 78.7 Å². The molecule has 0 spiro atoms. The molecular formula is C14H25N3O2.